The maximum Gasteiger partial charge on any atom is 0.251 e. The number of benzene rings is 1. The molecule has 25 heavy (non-hydrogen) atoms. The topological polar surface area (TPSA) is 41.6 Å². The molecule has 0 radical (unpaired) electrons. The normalized spacial score (nSPS) is 18.4. The van der Waals surface area contributed by atoms with Crippen LogP contribution in [0.15, 0.2) is 12.1 Å². The minimum Gasteiger partial charge on any atom is -0.496 e. The molecule has 0 saturated carbocycles. The summed E-state index contributed by atoms with van der Waals surface area (Å²) in [5.41, 5.74) is 2.81. The average molecular weight is 347 g/mol. The third-order valence-corrected chi connectivity index (χ3v) is 5.12. The van der Waals surface area contributed by atoms with Gasteiger partial charge < -0.3 is 15.0 Å². The minimum absolute atomic E-state index is 0.0223. The molecule has 2 rings (SSSR count). The first-order valence-corrected chi connectivity index (χ1v) is 9.61. The van der Waals surface area contributed by atoms with Gasteiger partial charge >= 0.3 is 0 Å². The van der Waals surface area contributed by atoms with Crippen LogP contribution in [-0.4, -0.2) is 44.1 Å². The Morgan fingerprint density at radius 1 is 1.40 bits per heavy atom. The molecule has 1 N–H and O–H groups in total. The van der Waals surface area contributed by atoms with Crippen molar-refractivity contribution in [3.05, 3.63) is 28.8 Å². The Morgan fingerprint density at radius 2 is 2.16 bits per heavy atom. The zero-order valence-corrected chi connectivity index (χ0v) is 16.5. The Bertz CT molecular complexity index is 584. The molecule has 1 fully saturated rings. The number of amides is 1. The van der Waals surface area contributed by atoms with Crippen molar-refractivity contribution in [2.75, 3.05) is 33.3 Å². The van der Waals surface area contributed by atoms with Crippen LogP contribution in [0.25, 0.3) is 0 Å². The zero-order chi connectivity index (χ0) is 18.4. The molecular formula is C21H34N2O2. The van der Waals surface area contributed by atoms with E-state index in [4.69, 9.17) is 4.74 Å². The van der Waals surface area contributed by atoms with Crippen molar-refractivity contribution in [2.24, 2.45) is 5.92 Å². The fraction of sp³-hybridized carbons (Fsp3) is 0.667. The van der Waals surface area contributed by atoms with Gasteiger partial charge in [-0.25, -0.2) is 0 Å². The molecule has 140 valence electrons. The van der Waals surface area contributed by atoms with Crippen molar-refractivity contribution < 1.29 is 9.53 Å². The molecule has 1 aliphatic rings. The number of hydrogen-bond donors (Lipinski definition) is 1. The van der Waals surface area contributed by atoms with Crippen molar-refractivity contribution in [1.29, 1.82) is 0 Å². The predicted molar refractivity (Wildman–Crippen MR) is 104 cm³/mol. The molecule has 0 aliphatic carbocycles. The minimum atomic E-state index is 0.0223. The Balaban J connectivity index is 1.89. The van der Waals surface area contributed by atoms with Gasteiger partial charge in [0.2, 0.25) is 0 Å². The van der Waals surface area contributed by atoms with Crippen molar-refractivity contribution in [2.45, 2.75) is 52.9 Å². The van der Waals surface area contributed by atoms with E-state index in [0.29, 0.717) is 5.92 Å². The molecule has 4 heteroatoms. The molecule has 1 atom stereocenters. The van der Waals surface area contributed by atoms with Crippen molar-refractivity contribution in [3.63, 3.8) is 0 Å². The van der Waals surface area contributed by atoms with Crippen LogP contribution >= 0.6 is 0 Å². The quantitative estimate of drug-likeness (QED) is 0.759. The first-order chi connectivity index (χ1) is 11.9. The SMILES string of the molecule is COc1cc(C)c(C(=O)NCCCN2CCCC(C)C2)cc1C(C)C. The number of nitrogens with zero attached hydrogens (tertiary/aromatic N) is 1. The fourth-order valence-corrected chi connectivity index (χ4v) is 3.66. The summed E-state index contributed by atoms with van der Waals surface area (Å²) in [7, 11) is 1.68. The van der Waals surface area contributed by atoms with Crippen LogP contribution in [0.3, 0.4) is 0 Å². The van der Waals surface area contributed by atoms with E-state index in [1.165, 1.54) is 25.9 Å². The fourth-order valence-electron chi connectivity index (χ4n) is 3.66. The van der Waals surface area contributed by atoms with Gasteiger partial charge in [0.05, 0.1) is 7.11 Å². The highest BCUT2D eigenvalue weighted by molar-refractivity contribution is 5.96. The Morgan fingerprint density at radius 3 is 2.80 bits per heavy atom. The molecule has 0 spiro atoms. The third kappa shape index (κ3) is 5.46. The van der Waals surface area contributed by atoms with Gasteiger partial charge in [0, 0.05) is 18.7 Å². The molecule has 1 aromatic rings. The maximum atomic E-state index is 12.6. The molecule has 1 saturated heterocycles. The Hall–Kier alpha value is -1.55. The van der Waals surface area contributed by atoms with Gasteiger partial charge in [0.1, 0.15) is 5.75 Å². The number of ether oxygens (including phenoxy) is 1. The van der Waals surface area contributed by atoms with Crippen LogP contribution < -0.4 is 10.1 Å². The number of nitrogens with one attached hydrogen (secondary N) is 1. The average Bonchev–Trinajstić information content (AvgIpc) is 2.58. The summed E-state index contributed by atoms with van der Waals surface area (Å²) in [6.07, 6.45) is 3.66. The maximum absolute atomic E-state index is 12.6. The van der Waals surface area contributed by atoms with Gasteiger partial charge in [-0.1, -0.05) is 20.8 Å². The van der Waals surface area contributed by atoms with E-state index < -0.39 is 0 Å². The van der Waals surface area contributed by atoms with E-state index in [-0.39, 0.29) is 5.91 Å². The molecule has 1 aromatic carbocycles. The molecule has 1 heterocycles. The molecular weight excluding hydrogens is 312 g/mol. The van der Waals surface area contributed by atoms with Gasteiger partial charge in [-0.15, -0.1) is 0 Å². The molecule has 0 aromatic heterocycles. The van der Waals surface area contributed by atoms with Gasteiger partial charge in [-0.2, -0.15) is 0 Å². The van der Waals surface area contributed by atoms with Gasteiger partial charge in [-0.05, 0) is 74.4 Å². The van der Waals surface area contributed by atoms with Crippen LogP contribution in [0.4, 0.5) is 0 Å². The monoisotopic (exact) mass is 346 g/mol. The summed E-state index contributed by atoms with van der Waals surface area (Å²) < 4.78 is 5.46. The van der Waals surface area contributed by atoms with E-state index in [1.807, 2.05) is 19.1 Å². The Kier molecular flexibility index (Phi) is 7.30. The van der Waals surface area contributed by atoms with E-state index in [2.05, 4.69) is 31.0 Å². The molecule has 1 amide bonds. The zero-order valence-electron chi connectivity index (χ0n) is 16.5. The summed E-state index contributed by atoms with van der Waals surface area (Å²) >= 11 is 0. The lowest BCUT2D eigenvalue weighted by Gasteiger charge is -2.30. The van der Waals surface area contributed by atoms with E-state index in [1.54, 1.807) is 7.11 Å². The third-order valence-electron chi connectivity index (χ3n) is 5.12. The summed E-state index contributed by atoms with van der Waals surface area (Å²) in [5.74, 6) is 2.01. The van der Waals surface area contributed by atoms with Crippen molar-refractivity contribution in [3.8, 4) is 5.75 Å². The number of methoxy groups -OCH3 is 1. The van der Waals surface area contributed by atoms with Crippen LogP contribution in [0.5, 0.6) is 5.75 Å². The lowest BCUT2D eigenvalue weighted by molar-refractivity contribution is 0.0949. The lowest BCUT2D eigenvalue weighted by atomic mass is 9.96. The first-order valence-electron chi connectivity index (χ1n) is 9.61. The highest BCUT2D eigenvalue weighted by Gasteiger charge is 2.17. The second-order valence-electron chi connectivity index (χ2n) is 7.72. The number of likely N-dealkylation sites (tertiary alicyclic amines) is 1. The second kappa shape index (κ2) is 9.23. The molecule has 1 aliphatic heterocycles. The lowest BCUT2D eigenvalue weighted by Crippen LogP contribution is -2.36. The second-order valence-corrected chi connectivity index (χ2v) is 7.72. The summed E-state index contributed by atoms with van der Waals surface area (Å²) in [4.78, 5) is 15.1. The van der Waals surface area contributed by atoms with Crippen molar-refractivity contribution in [1.82, 2.24) is 10.2 Å². The standard InChI is InChI=1S/C21H34N2O2/c1-15(2)18-13-19(17(4)12-20(18)25-5)21(24)22-9-7-11-23-10-6-8-16(3)14-23/h12-13,15-16H,6-11,14H2,1-5H3,(H,22,24). The first kappa shape index (κ1) is 19.8. The summed E-state index contributed by atoms with van der Waals surface area (Å²) in [6.45, 7) is 12.7. The van der Waals surface area contributed by atoms with Gasteiger partial charge in [0.25, 0.3) is 5.91 Å². The highest BCUT2D eigenvalue weighted by atomic mass is 16.5. The smallest absolute Gasteiger partial charge is 0.251 e. The van der Waals surface area contributed by atoms with Crippen LogP contribution in [-0.2, 0) is 0 Å². The van der Waals surface area contributed by atoms with Crippen LogP contribution in [0.2, 0.25) is 0 Å². The molecule has 1 unspecified atom stereocenters. The molecule has 0 bridgehead atoms. The Labute approximate surface area is 152 Å². The molecule has 4 nitrogen and oxygen atoms in total. The van der Waals surface area contributed by atoms with E-state index in [0.717, 1.165) is 47.9 Å². The van der Waals surface area contributed by atoms with E-state index >= 15 is 0 Å². The number of aryl methyl sites for hydroxylation is 1. The van der Waals surface area contributed by atoms with Crippen LogP contribution in [0, 0.1) is 12.8 Å². The van der Waals surface area contributed by atoms with Crippen molar-refractivity contribution >= 4 is 5.91 Å². The van der Waals surface area contributed by atoms with Gasteiger partial charge in [-0.3, -0.25) is 4.79 Å². The number of piperidine rings is 1. The largest absolute Gasteiger partial charge is 0.496 e. The number of rotatable bonds is 7. The predicted octanol–water partition coefficient (Wildman–Crippen LogP) is 3.98. The summed E-state index contributed by atoms with van der Waals surface area (Å²) in [6, 6.07) is 3.96. The van der Waals surface area contributed by atoms with E-state index in [9.17, 15) is 4.79 Å². The number of hydrogen-bond acceptors (Lipinski definition) is 3. The number of carbonyl (C=O) groups excluding carboxylic acids is 1. The summed E-state index contributed by atoms with van der Waals surface area (Å²) in [5, 5.41) is 3.09. The highest BCUT2D eigenvalue weighted by Crippen LogP contribution is 2.29. The van der Waals surface area contributed by atoms with Crippen LogP contribution in [0.1, 0.15) is 67.4 Å². The number of carbonyl (C=O) groups is 1. The van der Waals surface area contributed by atoms with Gasteiger partial charge in [0.15, 0.2) is 0 Å².